The van der Waals surface area contributed by atoms with E-state index in [9.17, 15) is 14.4 Å². The maximum atomic E-state index is 11.7. The molecule has 0 spiro atoms. The number of nitrogens with zero attached hydrogens (tertiary/aromatic N) is 1. The van der Waals surface area contributed by atoms with E-state index in [0.717, 1.165) is 5.56 Å². The summed E-state index contributed by atoms with van der Waals surface area (Å²) in [7, 11) is 0. The molecule has 1 aromatic rings. The number of ether oxygens (including phenoxy) is 1. The number of rotatable bonds is 6. The van der Waals surface area contributed by atoms with Gasteiger partial charge in [-0.15, -0.1) is 5.06 Å². The Morgan fingerprint density at radius 3 is 2.43 bits per heavy atom. The molecule has 0 aromatic heterocycles. The zero-order valence-electron chi connectivity index (χ0n) is 11.4. The van der Waals surface area contributed by atoms with Crippen molar-refractivity contribution >= 4 is 17.8 Å². The van der Waals surface area contributed by atoms with Crippen LogP contribution in [0.15, 0.2) is 30.3 Å². The number of hydrogen-bond donors (Lipinski definition) is 1. The first-order chi connectivity index (χ1) is 10.1. The van der Waals surface area contributed by atoms with Crippen molar-refractivity contribution in [2.24, 2.45) is 5.73 Å². The van der Waals surface area contributed by atoms with E-state index in [0.29, 0.717) is 11.7 Å². The highest BCUT2D eigenvalue weighted by Crippen LogP contribution is 2.12. The molecule has 2 rings (SSSR count). The fourth-order valence-corrected chi connectivity index (χ4v) is 1.76. The van der Waals surface area contributed by atoms with Gasteiger partial charge in [-0.1, -0.05) is 30.3 Å². The molecule has 1 aromatic carbocycles. The third kappa shape index (κ3) is 4.11. The van der Waals surface area contributed by atoms with Crippen LogP contribution in [-0.4, -0.2) is 35.5 Å². The predicted molar refractivity (Wildman–Crippen MR) is 71.3 cm³/mol. The maximum absolute atomic E-state index is 11.7. The Morgan fingerprint density at radius 2 is 1.81 bits per heavy atom. The first kappa shape index (κ1) is 15.1. The van der Waals surface area contributed by atoms with Crippen molar-refractivity contribution in [2.45, 2.75) is 25.5 Å². The van der Waals surface area contributed by atoms with Gasteiger partial charge in [0.2, 0.25) is 0 Å². The highest BCUT2D eigenvalue weighted by molar-refractivity contribution is 6.01. The Hall–Kier alpha value is -2.25. The average Bonchev–Trinajstić information content (AvgIpc) is 2.80. The molecule has 0 saturated carbocycles. The number of benzene rings is 1. The Bertz CT molecular complexity index is 515. The minimum Gasteiger partial charge on any atom is -0.375 e. The molecular weight excluding hydrogens is 276 g/mol. The molecule has 0 unspecified atom stereocenters. The van der Waals surface area contributed by atoms with Crippen LogP contribution in [0.25, 0.3) is 0 Å². The zero-order valence-corrected chi connectivity index (χ0v) is 11.4. The van der Waals surface area contributed by atoms with Crippen LogP contribution in [0.2, 0.25) is 0 Å². The largest absolute Gasteiger partial charge is 0.375 e. The van der Waals surface area contributed by atoms with E-state index >= 15 is 0 Å². The first-order valence-electron chi connectivity index (χ1n) is 6.53. The highest BCUT2D eigenvalue weighted by Gasteiger charge is 2.34. The summed E-state index contributed by atoms with van der Waals surface area (Å²) in [5.74, 6) is -1.94. The van der Waals surface area contributed by atoms with Gasteiger partial charge in [0.25, 0.3) is 11.8 Å². The van der Waals surface area contributed by atoms with Crippen LogP contribution in [-0.2, 0) is 30.6 Å². The van der Waals surface area contributed by atoms with E-state index in [1.165, 1.54) is 0 Å². The average molecular weight is 292 g/mol. The number of carbonyl (C=O) groups excluding carboxylic acids is 3. The molecule has 0 aliphatic carbocycles. The van der Waals surface area contributed by atoms with Crippen molar-refractivity contribution in [1.82, 2.24) is 5.06 Å². The van der Waals surface area contributed by atoms with Gasteiger partial charge >= 0.3 is 5.97 Å². The van der Waals surface area contributed by atoms with Crippen molar-refractivity contribution in [3.8, 4) is 0 Å². The van der Waals surface area contributed by atoms with E-state index in [1.807, 2.05) is 30.3 Å². The van der Waals surface area contributed by atoms with Crippen LogP contribution in [0.4, 0.5) is 0 Å². The van der Waals surface area contributed by atoms with Gasteiger partial charge in [0.1, 0.15) is 6.04 Å². The smallest absolute Gasteiger partial charge is 0.352 e. The lowest BCUT2D eigenvalue weighted by Gasteiger charge is -2.16. The van der Waals surface area contributed by atoms with Crippen molar-refractivity contribution in [3.05, 3.63) is 35.9 Å². The summed E-state index contributed by atoms with van der Waals surface area (Å²) < 4.78 is 5.31. The van der Waals surface area contributed by atoms with Crippen molar-refractivity contribution in [3.63, 3.8) is 0 Å². The Morgan fingerprint density at radius 1 is 1.19 bits per heavy atom. The molecule has 1 atom stereocenters. The Balaban J connectivity index is 1.75. The maximum Gasteiger partial charge on any atom is 0.352 e. The highest BCUT2D eigenvalue weighted by atomic mass is 16.7. The van der Waals surface area contributed by atoms with Gasteiger partial charge in [0, 0.05) is 12.8 Å². The molecule has 1 fully saturated rings. The molecule has 2 N–H and O–H groups in total. The van der Waals surface area contributed by atoms with E-state index in [1.54, 1.807) is 0 Å². The molecule has 1 aliphatic heterocycles. The third-order valence-corrected chi connectivity index (χ3v) is 2.90. The second-order valence-corrected chi connectivity index (χ2v) is 4.60. The molecule has 7 nitrogen and oxygen atoms in total. The molecular formula is C14H16N2O5. The number of amides is 2. The lowest BCUT2D eigenvalue weighted by Crippen LogP contribution is -2.42. The number of carbonyl (C=O) groups is 3. The van der Waals surface area contributed by atoms with E-state index in [2.05, 4.69) is 0 Å². The minimum atomic E-state index is -1.06. The first-order valence-corrected chi connectivity index (χ1v) is 6.53. The van der Waals surface area contributed by atoms with Crippen LogP contribution >= 0.6 is 0 Å². The van der Waals surface area contributed by atoms with Gasteiger partial charge in [0.15, 0.2) is 0 Å². The summed E-state index contributed by atoms with van der Waals surface area (Å²) >= 11 is 0. The Labute approximate surface area is 121 Å². The Kier molecular flexibility index (Phi) is 5.02. The normalized spacial score (nSPS) is 16.1. The van der Waals surface area contributed by atoms with Crippen LogP contribution in [0.3, 0.4) is 0 Å². The predicted octanol–water partition coefficient (Wildman–Crippen LogP) is 0.138. The van der Waals surface area contributed by atoms with Gasteiger partial charge in [-0.25, -0.2) is 4.79 Å². The standard InChI is InChI=1S/C14H16N2O5/c15-11(9-20-8-10-4-2-1-3-5-10)14(19)21-16-12(17)6-7-13(16)18/h1-5,11H,6-9,15H2/t11-/m1/s1. The molecule has 0 bridgehead atoms. The molecule has 2 amide bonds. The quantitative estimate of drug-likeness (QED) is 0.749. The summed E-state index contributed by atoms with van der Waals surface area (Å²) in [5.41, 5.74) is 6.55. The number of hydroxylamine groups is 2. The van der Waals surface area contributed by atoms with Gasteiger partial charge in [0.05, 0.1) is 13.2 Å². The third-order valence-electron chi connectivity index (χ3n) is 2.90. The minimum absolute atomic E-state index is 0.0475. The second kappa shape index (κ2) is 6.96. The fourth-order valence-electron chi connectivity index (χ4n) is 1.76. The summed E-state index contributed by atoms with van der Waals surface area (Å²) in [4.78, 5) is 38.9. The summed E-state index contributed by atoms with van der Waals surface area (Å²) in [6, 6.07) is 8.33. The van der Waals surface area contributed by atoms with Crippen LogP contribution in [0.1, 0.15) is 18.4 Å². The summed E-state index contributed by atoms with van der Waals surface area (Å²) in [5, 5.41) is 0.472. The molecule has 1 saturated heterocycles. The van der Waals surface area contributed by atoms with Crippen LogP contribution < -0.4 is 5.73 Å². The molecule has 7 heteroatoms. The van der Waals surface area contributed by atoms with Crippen LogP contribution in [0.5, 0.6) is 0 Å². The van der Waals surface area contributed by atoms with Gasteiger partial charge in [-0.3, -0.25) is 9.59 Å². The van der Waals surface area contributed by atoms with E-state index < -0.39 is 23.8 Å². The second-order valence-electron chi connectivity index (χ2n) is 4.60. The summed E-state index contributed by atoms with van der Waals surface area (Å²) in [6.45, 7) is 0.243. The molecule has 112 valence electrons. The topological polar surface area (TPSA) is 98.9 Å². The van der Waals surface area contributed by atoms with Crippen molar-refractivity contribution in [2.75, 3.05) is 6.61 Å². The summed E-state index contributed by atoms with van der Waals surface area (Å²) in [6.07, 6.45) is 0.0950. The number of nitrogens with two attached hydrogens (primary N) is 1. The van der Waals surface area contributed by atoms with Crippen molar-refractivity contribution < 1.29 is 24.0 Å². The monoisotopic (exact) mass is 292 g/mol. The van der Waals surface area contributed by atoms with Crippen molar-refractivity contribution in [1.29, 1.82) is 0 Å². The fraction of sp³-hybridized carbons (Fsp3) is 0.357. The zero-order chi connectivity index (χ0) is 15.2. The number of imide groups is 1. The lowest BCUT2D eigenvalue weighted by molar-refractivity contribution is -0.199. The SMILES string of the molecule is N[C@H](COCc1ccccc1)C(=O)ON1C(=O)CCC1=O. The van der Waals surface area contributed by atoms with Crippen LogP contribution in [0, 0.1) is 0 Å². The van der Waals surface area contributed by atoms with Gasteiger partial charge in [-0.2, -0.15) is 0 Å². The van der Waals surface area contributed by atoms with Gasteiger partial charge < -0.3 is 15.3 Å². The molecule has 0 radical (unpaired) electrons. The van der Waals surface area contributed by atoms with E-state index in [-0.39, 0.29) is 19.4 Å². The molecule has 1 aliphatic rings. The molecule has 1 heterocycles. The van der Waals surface area contributed by atoms with Gasteiger partial charge in [-0.05, 0) is 5.56 Å². The molecule has 21 heavy (non-hydrogen) atoms. The lowest BCUT2D eigenvalue weighted by atomic mass is 10.2. The van der Waals surface area contributed by atoms with E-state index in [4.69, 9.17) is 15.3 Å². The number of hydrogen-bond acceptors (Lipinski definition) is 6.